The maximum absolute atomic E-state index is 5.51. The fourth-order valence-corrected chi connectivity index (χ4v) is 2.00. The molecule has 1 atom stereocenters. The van der Waals surface area contributed by atoms with Gasteiger partial charge in [-0.3, -0.25) is 4.98 Å². The molecule has 14 heavy (non-hydrogen) atoms. The van der Waals surface area contributed by atoms with Crippen LogP contribution in [0.4, 0.5) is 0 Å². The summed E-state index contributed by atoms with van der Waals surface area (Å²) >= 11 is 2.14. The molecule has 0 unspecified atom stereocenters. The average molecular weight is 306 g/mol. The third kappa shape index (κ3) is 1.76. The van der Waals surface area contributed by atoms with Crippen molar-refractivity contribution < 1.29 is 9.47 Å². The molecule has 0 bridgehead atoms. The van der Waals surface area contributed by atoms with Gasteiger partial charge < -0.3 is 9.47 Å². The van der Waals surface area contributed by atoms with Crippen molar-refractivity contribution in [2.75, 3.05) is 20.3 Å². The van der Waals surface area contributed by atoms with Crippen molar-refractivity contribution in [3.8, 4) is 0 Å². The van der Waals surface area contributed by atoms with Crippen LogP contribution in [0.3, 0.4) is 0 Å². The fourth-order valence-electron chi connectivity index (χ4n) is 1.58. The van der Waals surface area contributed by atoms with Gasteiger partial charge in [0.1, 0.15) is 9.30 Å². The van der Waals surface area contributed by atoms with Crippen molar-refractivity contribution in [2.24, 2.45) is 0 Å². The van der Waals surface area contributed by atoms with E-state index in [1.54, 1.807) is 19.5 Å². The maximum Gasteiger partial charge on any atom is 0.136 e. The number of rotatable bonds is 2. The molecule has 1 aromatic heterocycles. The van der Waals surface area contributed by atoms with Crippen LogP contribution in [-0.2, 0) is 15.1 Å². The van der Waals surface area contributed by atoms with E-state index in [0.717, 1.165) is 22.4 Å². The lowest BCUT2D eigenvalue weighted by Gasteiger charge is -2.24. The molecule has 0 N–H and O–H groups in total. The first-order valence-electron chi connectivity index (χ1n) is 4.38. The minimum atomic E-state index is -0.381. The van der Waals surface area contributed by atoms with Crippen LogP contribution >= 0.6 is 22.6 Å². The minimum Gasteiger partial charge on any atom is -0.378 e. The molecule has 0 aromatic carbocycles. The van der Waals surface area contributed by atoms with Crippen molar-refractivity contribution in [2.45, 2.75) is 12.0 Å². The summed E-state index contributed by atoms with van der Waals surface area (Å²) in [6.07, 6.45) is 4.32. The third-order valence-corrected chi connectivity index (χ3v) is 2.97. The molecule has 1 aromatic rings. The first-order valence-corrected chi connectivity index (χ1v) is 5.46. The zero-order valence-electron chi connectivity index (χ0n) is 7.86. The summed E-state index contributed by atoms with van der Waals surface area (Å²) in [6, 6.07) is 0. The number of halogens is 1. The molecule has 1 aliphatic heterocycles. The van der Waals surface area contributed by atoms with Crippen LogP contribution in [0.1, 0.15) is 12.1 Å². The molecular weight excluding hydrogens is 295 g/mol. The Bertz CT molecular complexity index is 326. The lowest BCUT2D eigenvalue weighted by atomic mass is 9.99. The highest BCUT2D eigenvalue weighted by molar-refractivity contribution is 14.1. The van der Waals surface area contributed by atoms with Crippen molar-refractivity contribution in [1.29, 1.82) is 0 Å². The summed E-state index contributed by atoms with van der Waals surface area (Å²) in [5.74, 6) is 0. The zero-order valence-corrected chi connectivity index (χ0v) is 10.0. The zero-order chi connectivity index (χ0) is 10.0. The number of ether oxygens (including phenoxy) is 2. The predicted octanol–water partition coefficient (Wildman–Crippen LogP) is 1.34. The summed E-state index contributed by atoms with van der Waals surface area (Å²) in [7, 11) is 1.69. The maximum atomic E-state index is 5.51. The number of hydrogen-bond acceptors (Lipinski definition) is 4. The van der Waals surface area contributed by atoms with E-state index in [2.05, 4.69) is 32.6 Å². The number of hydrogen-bond donors (Lipinski definition) is 0. The Morgan fingerprint density at radius 2 is 2.43 bits per heavy atom. The molecule has 0 spiro atoms. The van der Waals surface area contributed by atoms with E-state index < -0.39 is 0 Å². The van der Waals surface area contributed by atoms with E-state index in [0.29, 0.717) is 6.61 Å². The van der Waals surface area contributed by atoms with Crippen LogP contribution in [0.5, 0.6) is 0 Å². The molecule has 1 aliphatic rings. The van der Waals surface area contributed by atoms with Gasteiger partial charge in [0.05, 0.1) is 24.7 Å². The largest absolute Gasteiger partial charge is 0.378 e. The SMILES string of the molecule is CO[C@@]1(c2cncc(I)n2)CCOC1. The predicted molar refractivity (Wildman–Crippen MR) is 58.9 cm³/mol. The second-order valence-corrected chi connectivity index (χ2v) is 4.33. The lowest BCUT2D eigenvalue weighted by Crippen LogP contribution is -2.30. The van der Waals surface area contributed by atoms with Crippen molar-refractivity contribution in [3.63, 3.8) is 0 Å². The highest BCUT2D eigenvalue weighted by Gasteiger charge is 2.38. The summed E-state index contributed by atoms with van der Waals surface area (Å²) < 4.78 is 11.7. The van der Waals surface area contributed by atoms with Gasteiger partial charge in [-0.05, 0) is 22.6 Å². The molecule has 1 saturated heterocycles. The summed E-state index contributed by atoms with van der Waals surface area (Å²) in [4.78, 5) is 8.53. The average Bonchev–Trinajstić information content (AvgIpc) is 2.67. The fraction of sp³-hybridized carbons (Fsp3) is 0.556. The monoisotopic (exact) mass is 306 g/mol. The standard InChI is InChI=1S/C9H11IN2O2/c1-13-9(2-3-14-6-9)7-4-11-5-8(10)12-7/h4-5H,2-3,6H2,1H3/t9-/m0/s1. The van der Waals surface area contributed by atoms with Gasteiger partial charge in [0, 0.05) is 20.1 Å². The van der Waals surface area contributed by atoms with Gasteiger partial charge >= 0.3 is 0 Å². The molecule has 5 heteroatoms. The van der Waals surface area contributed by atoms with Crippen molar-refractivity contribution in [1.82, 2.24) is 9.97 Å². The van der Waals surface area contributed by atoms with Crippen molar-refractivity contribution >= 4 is 22.6 Å². The molecule has 1 fully saturated rings. The van der Waals surface area contributed by atoms with Gasteiger partial charge in [0.25, 0.3) is 0 Å². The number of nitrogens with zero attached hydrogens (tertiary/aromatic N) is 2. The summed E-state index contributed by atoms with van der Waals surface area (Å²) in [6.45, 7) is 1.29. The van der Waals surface area contributed by atoms with Crippen LogP contribution in [0.2, 0.25) is 0 Å². The lowest BCUT2D eigenvalue weighted by molar-refractivity contribution is -0.0250. The topological polar surface area (TPSA) is 44.2 Å². The highest BCUT2D eigenvalue weighted by Crippen LogP contribution is 2.32. The molecule has 76 valence electrons. The van der Waals surface area contributed by atoms with Gasteiger partial charge in [-0.1, -0.05) is 0 Å². The minimum absolute atomic E-state index is 0.381. The van der Waals surface area contributed by atoms with E-state index in [1.165, 1.54) is 0 Å². The normalized spacial score (nSPS) is 26.7. The molecule has 2 rings (SSSR count). The second kappa shape index (κ2) is 4.08. The Kier molecular flexibility index (Phi) is 2.99. The smallest absolute Gasteiger partial charge is 0.136 e. The van der Waals surface area contributed by atoms with Crippen LogP contribution in [0.15, 0.2) is 12.4 Å². The third-order valence-electron chi connectivity index (χ3n) is 2.45. The van der Waals surface area contributed by atoms with Gasteiger partial charge in [-0.2, -0.15) is 0 Å². The molecule has 0 saturated carbocycles. The molecule has 0 aliphatic carbocycles. The summed E-state index contributed by atoms with van der Waals surface area (Å²) in [5.41, 5.74) is 0.484. The van der Waals surface area contributed by atoms with Gasteiger partial charge in [-0.25, -0.2) is 4.98 Å². The van der Waals surface area contributed by atoms with E-state index in [-0.39, 0.29) is 5.60 Å². The highest BCUT2D eigenvalue weighted by atomic mass is 127. The van der Waals surface area contributed by atoms with E-state index >= 15 is 0 Å². The Morgan fingerprint density at radius 3 is 3.00 bits per heavy atom. The molecule has 4 nitrogen and oxygen atoms in total. The molecular formula is C9H11IN2O2. The summed E-state index contributed by atoms with van der Waals surface area (Å²) in [5, 5.41) is 0. The second-order valence-electron chi connectivity index (χ2n) is 3.23. The van der Waals surface area contributed by atoms with Crippen LogP contribution in [0, 0.1) is 3.70 Å². The first-order chi connectivity index (χ1) is 6.77. The van der Waals surface area contributed by atoms with Crippen LogP contribution < -0.4 is 0 Å². The Hall–Kier alpha value is -0.270. The quantitative estimate of drug-likeness (QED) is 0.774. The Balaban J connectivity index is 2.35. The molecule has 2 heterocycles. The number of aromatic nitrogens is 2. The van der Waals surface area contributed by atoms with Gasteiger partial charge in [0.2, 0.25) is 0 Å². The Morgan fingerprint density at radius 1 is 1.57 bits per heavy atom. The van der Waals surface area contributed by atoms with Gasteiger partial charge in [0.15, 0.2) is 0 Å². The van der Waals surface area contributed by atoms with Gasteiger partial charge in [-0.15, -0.1) is 0 Å². The van der Waals surface area contributed by atoms with E-state index in [4.69, 9.17) is 9.47 Å². The van der Waals surface area contributed by atoms with E-state index in [9.17, 15) is 0 Å². The van der Waals surface area contributed by atoms with E-state index in [1.807, 2.05) is 0 Å². The van der Waals surface area contributed by atoms with Crippen molar-refractivity contribution in [3.05, 3.63) is 21.8 Å². The number of methoxy groups -OCH3 is 1. The first kappa shape index (κ1) is 10.3. The van der Waals surface area contributed by atoms with Crippen LogP contribution in [0.25, 0.3) is 0 Å². The molecule has 0 radical (unpaired) electrons. The Labute approximate surface area is 96.2 Å². The molecule has 0 amide bonds. The van der Waals surface area contributed by atoms with Crippen LogP contribution in [-0.4, -0.2) is 30.3 Å².